The summed E-state index contributed by atoms with van der Waals surface area (Å²) in [6.07, 6.45) is -0.218. The maximum absolute atomic E-state index is 14.9. The number of hydrogen-bond acceptors (Lipinski definition) is 5. The summed E-state index contributed by atoms with van der Waals surface area (Å²) >= 11 is 0. The van der Waals surface area contributed by atoms with Gasteiger partial charge in [-0.2, -0.15) is 0 Å². The van der Waals surface area contributed by atoms with E-state index in [4.69, 9.17) is 4.74 Å². The first kappa shape index (κ1) is 33.7. The van der Waals surface area contributed by atoms with Crippen molar-refractivity contribution >= 4 is 17.9 Å². The van der Waals surface area contributed by atoms with E-state index in [0.717, 1.165) is 6.07 Å². The number of halogens is 2. The molecule has 0 aromatic heterocycles. The minimum Gasteiger partial charge on any atom is -0.444 e. The van der Waals surface area contributed by atoms with Gasteiger partial charge in [-0.3, -0.25) is 14.5 Å². The Bertz CT molecular complexity index is 1150. The first-order chi connectivity index (χ1) is 19.2. The molecule has 10 heteroatoms. The Morgan fingerprint density at radius 3 is 2.14 bits per heavy atom. The number of amides is 3. The van der Waals surface area contributed by atoms with Crippen LogP contribution in [-0.4, -0.2) is 88.6 Å². The number of benzene rings is 1. The Hall–Kier alpha value is -2.75. The van der Waals surface area contributed by atoms with Gasteiger partial charge in [0.15, 0.2) is 0 Å². The molecule has 0 bridgehead atoms. The Kier molecular flexibility index (Phi) is 10.0. The molecule has 236 valence electrons. The predicted octanol–water partition coefficient (Wildman–Crippen LogP) is 5.17. The molecule has 1 N–H and O–H groups in total. The van der Waals surface area contributed by atoms with Crippen LogP contribution in [0.25, 0.3) is 0 Å². The molecular weight excluding hydrogens is 542 g/mol. The van der Waals surface area contributed by atoms with E-state index in [0.29, 0.717) is 44.7 Å². The van der Waals surface area contributed by atoms with Crippen molar-refractivity contribution in [2.24, 2.45) is 11.3 Å². The maximum atomic E-state index is 14.9. The number of carbonyl (C=O) groups is 3. The van der Waals surface area contributed by atoms with Gasteiger partial charge in [0.1, 0.15) is 23.3 Å². The van der Waals surface area contributed by atoms with Crippen LogP contribution in [-0.2, 0) is 14.3 Å². The Labute approximate surface area is 250 Å². The van der Waals surface area contributed by atoms with Gasteiger partial charge in [-0.15, -0.1) is 0 Å². The number of hydrogen-bond donors (Lipinski definition) is 1. The molecule has 0 saturated carbocycles. The van der Waals surface area contributed by atoms with Crippen molar-refractivity contribution in [3.8, 4) is 0 Å². The maximum Gasteiger partial charge on any atom is 0.408 e. The summed E-state index contributed by atoms with van der Waals surface area (Å²) in [6.45, 7) is 21.3. The SMILES string of the molecule is C[C@H]1CN(C(=O)[C@H](CC(C)(C)C)NC(=O)OC(C)(C)C)CCN1C(=O)[C@@H]1CN(C(C)(C)C)C[C@H]1c1ccc(F)cc1F. The van der Waals surface area contributed by atoms with E-state index in [-0.39, 0.29) is 28.8 Å². The smallest absolute Gasteiger partial charge is 0.408 e. The second kappa shape index (κ2) is 12.5. The average molecular weight is 593 g/mol. The van der Waals surface area contributed by atoms with Crippen molar-refractivity contribution in [3.63, 3.8) is 0 Å². The van der Waals surface area contributed by atoms with Gasteiger partial charge in [-0.05, 0) is 71.9 Å². The van der Waals surface area contributed by atoms with Gasteiger partial charge in [-0.25, -0.2) is 13.6 Å². The molecule has 0 radical (unpaired) electrons. The Balaban J connectivity index is 1.77. The first-order valence-corrected chi connectivity index (χ1v) is 14.9. The van der Waals surface area contributed by atoms with Crippen molar-refractivity contribution in [1.82, 2.24) is 20.0 Å². The summed E-state index contributed by atoms with van der Waals surface area (Å²) in [4.78, 5) is 46.0. The van der Waals surface area contributed by atoms with Gasteiger partial charge in [0.05, 0.1) is 5.92 Å². The number of piperazine rings is 1. The first-order valence-electron chi connectivity index (χ1n) is 14.9. The van der Waals surface area contributed by atoms with Gasteiger partial charge >= 0.3 is 6.09 Å². The van der Waals surface area contributed by atoms with Crippen LogP contribution < -0.4 is 5.32 Å². The highest BCUT2D eigenvalue weighted by molar-refractivity contribution is 5.86. The van der Waals surface area contributed by atoms with Crippen molar-refractivity contribution < 1.29 is 27.9 Å². The summed E-state index contributed by atoms with van der Waals surface area (Å²) < 4.78 is 34.0. The van der Waals surface area contributed by atoms with Crippen molar-refractivity contribution in [1.29, 1.82) is 0 Å². The van der Waals surface area contributed by atoms with Crippen LogP contribution in [0.1, 0.15) is 87.1 Å². The standard InChI is InChI=1S/C32H50F2N4O4/c1-20-17-36(28(40)26(16-30(2,3)4)35-29(41)42-32(8,9)10)13-14-38(20)27(39)24-19-37(31(5,6)7)18-23(24)22-12-11-21(33)15-25(22)34/h11-12,15,20,23-24,26H,13-14,16-19H2,1-10H3,(H,35,41)/t20-,23-,24+,26-/m0/s1. The molecule has 1 aromatic carbocycles. The minimum atomic E-state index is -0.768. The molecule has 2 heterocycles. The highest BCUT2D eigenvalue weighted by Gasteiger charge is 2.46. The lowest BCUT2D eigenvalue weighted by Crippen LogP contribution is -2.60. The molecule has 4 atom stereocenters. The fraction of sp³-hybridized carbons (Fsp3) is 0.719. The van der Waals surface area contributed by atoms with E-state index in [2.05, 4.69) is 31.0 Å². The number of likely N-dealkylation sites (tertiary alicyclic amines) is 1. The van der Waals surface area contributed by atoms with E-state index in [1.165, 1.54) is 12.1 Å². The molecule has 2 aliphatic heterocycles. The second-order valence-electron chi connectivity index (χ2n) is 15.1. The number of rotatable bonds is 5. The summed E-state index contributed by atoms with van der Waals surface area (Å²) in [7, 11) is 0. The Morgan fingerprint density at radius 2 is 1.62 bits per heavy atom. The molecular formula is C32H50F2N4O4. The van der Waals surface area contributed by atoms with Crippen molar-refractivity contribution in [2.45, 2.75) is 105 Å². The summed E-state index contributed by atoms with van der Waals surface area (Å²) in [5, 5.41) is 2.77. The lowest BCUT2D eigenvalue weighted by molar-refractivity contribution is -0.146. The highest BCUT2D eigenvalue weighted by Crippen LogP contribution is 2.39. The molecule has 42 heavy (non-hydrogen) atoms. The quantitative estimate of drug-likeness (QED) is 0.511. The Morgan fingerprint density at radius 1 is 0.976 bits per heavy atom. The molecule has 0 spiro atoms. The average Bonchev–Trinajstić information content (AvgIpc) is 3.26. The van der Waals surface area contributed by atoms with Gasteiger partial charge < -0.3 is 19.9 Å². The van der Waals surface area contributed by atoms with Crippen LogP contribution in [0, 0.1) is 23.0 Å². The topological polar surface area (TPSA) is 82.2 Å². The normalized spacial score (nSPS) is 23.1. The number of carbonyl (C=O) groups excluding carboxylic acids is 3. The van der Waals surface area contributed by atoms with Gasteiger partial charge in [0.2, 0.25) is 11.8 Å². The zero-order valence-corrected chi connectivity index (χ0v) is 27.0. The molecule has 3 rings (SSSR count). The molecule has 0 unspecified atom stereocenters. The van der Waals surface area contributed by atoms with Gasteiger partial charge in [0.25, 0.3) is 0 Å². The van der Waals surface area contributed by atoms with E-state index in [1.54, 1.807) is 30.6 Å². The third-order valence-corrected chi connectivity index (χ3v) is 7.98. The molecule has 1 aromatic rings. The third-order valence-electron chi connectivity index (χ3n) is 7.98. The van der Waals surface area contributed by atoms with Crippen LogP contribution >= 0.6 is 0 Å². The number of nitrogens with zero attached hydrogens (tertiary/aromatic N) is 3. The van der Waals surface area contributed by atoms with Crippen LogP contribution in [0.5, 0.6) is 0 Å². The highest BCUT2D eigenvalue weighted by atomic mass is 19.1. The fourth-order valence-electron chi connectivity index (χ4n) is 5.90. The van der Waals surface area contributed by atoms with Gasteiger partial charge in [0, 0.05) is 56.3 Å². The lowest BCUT2D eigenvalue weighted by atomic mass is 9.86. The zero-order chi connectivity index (χ0) is 31.8. The number of ether oxygens (including phenoxy) is 1. The van der Waals surface area contributed by atoms with Gasteiger partial charge in [-0.1, -0.05) is 26.8 Å². The van der Waals surface area contributed by atoms with E-state index >= 15 is 0 Å². The predicted molar refractivity (Wildman–Crippen MR) is 159 cm³/mol. The zero-order valence-electron chi connectivity index (χ0n) is 27.0. The van der Waals surface area contributed by atoms with Crippen molar-refractivity contribution in [2.75, 3.05) is 32.7 Å². The molecule has 8 nitrogen and oxygen atoms in total. The third kappa shape index (κ3) is 8.64. The second-order valence-corrected chi connectivity index (χ2v) is 15.1. The van der Waals surface area contributed by atoms with Crippen LogP contribution in [0.4, 0.5) is 13.6 Å². The van der Waals surface area contributed by atoms with Crippen LogP contribution in [0.3, 0.4) is 0 Å². The fourth-order valence-corrected chi connectivity index (χ4v) is 5.90. The number of nitrogens with one attached hydrogen (secondary N) is 1. The van der Waals surface area contributed by atoms with Crippen LogP contribution in [0.15, 0.2) is 18.2 Å². The lowest BCUT2D eigenvalue weighted by Gasteiger charge is -2.43. The molecule has 2 saturated heterocycles. The van der Waals surface area contributed by atoms with E-state index in [1.807, 2.05) is 27.7 Å². The minimum absolute atomic E-state index is 0.0896. The largest absolute Gasteiger partial charge is 0.444 e. The van der Waals surface area contributed by atoms with Crippen LogP contribution in [0.2, 0.25) is 0 Å². The molecule has 2 fully saturated rings. The van der Waals surface area contributed by atoms with E-state index < -0.39 is 41.2 Å². The summed E-state index contributed by atoms with van der Waals surface area (Å²) in [5.41, 5.74) is -0.812. The summed E-state index contributed by atoms with van der Waals surface area (Å²) in [5.74, 6) is -2.51. The monoisotopic (exact) mass is 592 g/mol. The summed E-state index contributed by atoms with van der Waals surface area (Å²) in [6, 6.07) is 2.52. The molecule has 0 aliphatic carbocycles. The van der Waals surface area contributed by atoms with Crippen molar-refractivity contribution in [3.05, 3.63) is 35.4 Å². The number of alkyl carbamates (subject to hydrolysis) is 1. The van der Waals surface area contributed by atoms with E-state index in [9.17, 15) is 23.2 Å². The molecule has 3 amide bonds. The molecule has 2 aliphatic rings.